The number of epoxide rings is 1. The van der Waals surface area contributed by atoms with Gasteiger partial charge in [0.1, 0.15) is 24.1 Å². The molecule has 5 heteroatoms. The molecule has 0 bridgehead atoms. The molecule has 2 aromatic rings. The first kappa shape index (κ1) is 10.8. The number of aliphatic hydroxyl groups is 1. The van der Waals surface area contributed by atoms with E-state index in [0.717, 1.165) is 10.9 Å². The molecule has 0 saturated carbocycles. The van der Waals surface area contributed by atoms with Crippen LogP contribution in [0.15, 0.2) is 36.5 Å². The quantitative estimate of drug-likeness (QED) is 0.744. The average Bonchev–Trinajstić information content (AvgIpc) is 3.10. The highest BCUT2D eigenvalue weighted by Crippen LogP contribution is 2.37. The summed E-state index contributed by atoms with van der Waals surface area (Å²) in [4.78, 5) is 11.7. The third kappa shape index (κ3) is 1.46. The van der Waals surface area contributed by atoms with E-state index in [1.165, 1.54) is 6.08 Å². The number of fused-ring (bicyclic) bond motifs is 2. The van der Waals surface area contributed by atoms with Crippen LogP contribution in [0.2, 0.25) is 0 Å². The summed E-state index contributed by atoms with van der Waals surface area (Å²) in [5.74, 6) is 0.0255. The normalized spacial score (nSPS) is 29.2. The number of ketones is 1. The molecule has 1 aliphatic carbocycles. The summed E-state index contributed by atoms with van der Waals surface area (Å²) in [6, 6.07) is 6.86. The van der Waals surface area contributed by atoms with Gasteiger partial charge in [0.2, 0.25) is 0 Å². The van der Waals surface area contributed by atoms with Crippen molar-refractivity contribution in [3.8, 4) is 5.75 Å². The van der Waals surface area contributed by atoms with Gasteiger partial charge in [0.15, 0.2) is 5.78 Å². The van der Waals surface area contributed by atoms with Crippen molar-refractivity contribution in [1.29, 1.82) is 0 Å². The van der Waals surface area contributed by atoms with Gasteiger partial charge >= 0.3 is 0 Å². The summed E-state index contributed by atoms with van der Waals surface area (Å²) in [5, 5.41) is 20.7. The second kappa shape index (κ2) is 3.46. The third-order valence-electron chi connectivity index (χ3n) is 3.67. The van der Waals surface area contributed by atoms with Gasteiger partial charge in [0.25, 0.3) is 0 Å². The number of aliphatic hydroxyl groups excluding tert-OH is 1. The maximum atomic E-state index is 11.7. The van der Waals surface area contributed by atoms with E-state index in [1.54, 1.807) is 29.0 Å². The molecule has 1 aliphatic heterocycles. The SMILES string of the molecule is O=C1C=C(n2ccc3ccc(O)cc32)C(O)C2OC12. The van der Waals surface area contributed by atoms with Crippen LogP contribution in [-0.2, 0) is 9.53 Å². The smallest absolute Gasteiger partial charge is 0.189 e. The van der Waals surface area contributed by atoms with Gasteiger partial charge in [-0.2, -0.15) is 0 Å². The first-order valence-corrected chi connectivity index (χ1v) is 6.04. The minimum Gasteiger partial charge on any atom is -0.508 e. The van der Waals surface area contributed by atoms with E-state index >= 15 is 0 Å². The van der Waals surface area contributed by atoms with Gasteiger partial charge in [0, 0.05) is 23.7 Å². The van der Waals surface area contributed by atoms with Crippen LogP contribution in [0.4, 0.5) is 0 Å². The van der Waals surface area contributed by atoms with Crippen LogP contribution >= 0.6 is 0 Å². The van der Waals surface area contributed by atoms with Crippen molar-refractivity contribution >= 4 is 22.4 Å². The van der Waals surface area contributed by atoms with Gasteiger partial charge in [0.05, 0.1) is 11.2 Å². The highest BCUT2D eigenvalue weighted by atomic mass is 16.6. The van der Waals surface area contributed by atoms with Gasteiger partial charge in [-0.3, -0.25) is 4.79 Å². The number of hydrogen-bond donors (Lipinski definition) is 2. The Morgan fingerprint density at radius 1 is 1.26 bits per heavy atom. The number of nitrogens with zero attached hydrogens (tertiary/aromatic N) is 1. The largest absolute Gasteiger partial charge is 0.508 e. The predicted octanol–water partition coefficient (Wildman–Crippen LogP) is 0.899. The molecular weight excluding hydrogens is 246 g/mol. The second-order valence-electron chi connectivity index (χ2n) is 4.87. The number of phenolic OH excluding ortho intramolecular Hbond substituents is 1. The number of hydrogen-bond acceptors (Lipinski definition) is 4. The lowest BCUT2D eigenvalue weighted by Crippen LogP contribution is -2.29. The molecule has 1 aromatic heterocycles. The molecule has 96 valence electrons. The van der Waals surface area contributed by atoms with Gasteiger partial charge in [-0.1, -0.05) is 0 Å². The molecule has 0 spiro atoms. The van der Waals surface area contributed by atoms with Gasteiger partial charge in [-0.05, 0) is 18.2 Å². The molecule has 0 radical (unpaired) electrons. The Bertz CT molecular complexity index is 730. The Morgan fingerprint density at radius 3 is 2.95 bits per heavy atom. The van der Waals surface area contributed by atoms with E-state index in [-0.39, 0.29) is 11.5 Å². The van der Waals surface area contributed by atoms with Crippen molar-refractivity contribution in [2.45, 2.75) is 18.3 Å². The Balaban J connectivity index is 1.90. The molecule has 1 saturated heterocycles. The topological polar surface area (TPSA) is 75.0 Å². The zero-order valence-corrected chi connectivity index (χ0v) is 9.85. The Kier molecular flexibility index (Phi) is 1.97. The van der Waals surface area contributed by atoms with E-state index in [0.29, 0.717) is 5.70 Å². The van der Waals surface area contributed by atoms with E-state index in [4.69, 9.17) is 4.74 Å². The van der Waals surface area contributed by atoms with E-state index in [2.05, 4.69) is 0 Å². The van der Waals surface area contributed by atoms with Crippen molar-refractivity contribution in [1.82, 2.24) is 4.57 Å². The van der Waals surface area contributed by atoms with Crippen molar-refractivity contribution in [3.05, 3.63) is 36.5 Å². The van der Waals surface area contributed by atoms with Crippen LogP contribution < -0.4 is 0 Å². The summed E-state index contributed by atoms with van der Waals surface area (Å²) >= 11 is 0. The number of carbonyl (C=O) groups excluding carboxylic acids is 1. The molecule has 2 aliphatic rings. The highest BCUT2D eigenvalue weighted by Gasteiger charge is 2.53. The molecule has 1 fully saturated rings. The minimum absolute atomic E-state index is 0.118. The van der Waals surface area contributed by atoms with Crippen LogP contribution in [0.25, 0.3) is 16.6 Å². The molecule has 5 nitrogen and oxygen atoms in total. The maximum Gasteiger partial charge on any atom is 0.189 e. The number of carbonyl (C=O) groups is 1. The van der Waals surface area contributed by atoms with E-state index in [9.17, 15) is 15.0 Å². The fourth-order valence-electron chi connectivity index (χ4n) is 2.63. The lowest BCUT2D eigenvalue weighted by atomic mass is 10.0. The number of rotatable bonds is 1. The average molecular weight is 257 g/mol. The maximum absolute atomic E-state index is 11.7. The molecule has 3 atom stereocenters. The number of aromatic nitrogens is 1. The lowest BCUT2D eigenvalue weighted by Gasteiger charge is -2.18. The first-order valence-electron chi connectivity index (χ1n) is 6.04. The number of phenols is 1. The highest BCUT2D eigenvalue weighted by molar-refractivity contribution is 6.03. The van der Waals surface area contributed by atoms with Gasteiger partial charge in [-0.25, -0.2) is 0 Å². The van der Waals surface area contributed by atoms with E-state index in [1.807, 2.05) is 6.07 Å². The minimum atomic E-state index is -0.819. The number of ether oxygens (including phenoxy) is 1. The fourth-order valence-corrected chi connectivity index (χ4v) is 2.63. The van der Waals surface area contributed by atoms with Crippen LogP contribution in [-0.4, -0.2) is 38.9 Å². The number of benzene rings is 1. The van der Waals surface area contributed by atoms with Crippen molar-refractivity contribution in [2.75, 3.05) is 0 Å². The van der Waals surface area contributed by atoms with Crippen LogP contribution in [0.3, 0.4) is 0 Å². The monoisotopic (exact) mass is 257 g/mol. The fraction of sp³-hybridized carbons (Fsp3) is 0.214. The zero-order chi connectivity index (χ0) is 13.1. The first-order chi connectivity index (χ1) is 9.15. The summed E-state index contributed by atoms with van der Waals surface area (Å²) < 4.78 is 6.87. The van der Waals surface area contributed by atoms with Crippen molar-refractivity contribution < 1.29 is 19.7 Å². The van der Waals surface area contributed by atoms with Gasteiger partial charge in [-0.15, -0.1) is 0 Å². The molecule has 0 amide bonds. The summed E-state index contributed by atoms with van der Waals surface area (Å²) in [6.45, 7) is 0. The molecule has 2 N–H and O–H groups in total. The molecule has 4 rings (SSSR count). The molecular formula is C14H11NO4. The van der Waals surface area contributed by atoms with Crippen LogP contribution in [0.5, 0.6) is 5.75 Å². The summed E-state index contributed by atoms with van der Waals surface area (Å²) in [5.41, 5.74) is 1.24. The van der Waals surface area contributed by atoms with E-state index < -0.39 is 18.3 Å². The lowest BCUT2D eigenvalue weighted by molar-refractivity contribution is -0.115. The van der Waals surface area contributed by atoms with Crippen molar-refractivity contribution in [3.63, 3.8) is 0 Å². The summed E-state index contributed by atoms with van der Waals surface area (Å²) in [6.07, 6.45) is 1.47. The van der Waals surface area contributed by atoms with Crippen LogP contribution in [0.1, 0.15) is 0 Å². The van der Waals surface area contributed by atoms with Gasteiger partial charge < -0.3 is 19.5 Å². The van der Waals surface area contributed by atoms with Crippen molar-refractivity contribution in [2.24, 2.45) is 0 Å². The number of aromatic hydroxyl groups is 1. The molecule has 19 heavy (non-hydrogen) atoms. The predicted molar refractivity (Wildman–Crippen MR) is 67.6 cm³/mol. The summed E-state index contributed by atoms with van der Waals surface area (Å²) in [7, 11) is 0. The third-order valence-corrected chi connectivity index (χ3v) is 3.67. The molecule has 3 unspecified atom stereocenters. The molecule has 1 aromatic carbocycles. The standard InChI is InChI=1S/C14H11NO4/c16-8-2-1-7-3-4-15(9(7)5-8)10-6-11(17)13-14(19-13)12(10)18/h1-6,12-14,16,18H. The Morgan fingerprint density at radius 2 is 2.11 bits per heavy atom. The molecule has 2 heterocycles. The Hall–Kier alpha value is -2.11. The van der Waals surface area contributed by atoms with Crippen LogP contribution in [0, 0.1) is 0 Å². The second-order valence-corrected chi connectivity index (χ2v) is 4.87. The zero-order valence-electron chi connectivity index (χ0n) is 9.85. The Labute approximate surface area is 108 Å².